The fourth-order valence-corrected chi connectivity index (χ4v) is 3.13. The van der Waals surface area contributed by atoms with Gasteiger partial charge in [0.25, 0.3) is 5.91 Å². The number of aryl methyl sites for hydroxylation is 1. The standard InChI is InChI=1S/C21H19ClF2N2O3/c1-12-16(11-14-10-15(22)4-5-17(14)26-12)20(27)25-8-7-13-3-6-18(29-21(23)24)19(9-13)28-2/h3-6,9-11,21H,7-8H2,1-2H3,(H,25,27). The molecular formula is C21H19ClF2N2O3. The van der Waals surface area contributed by atoms with Gasteiger partial charge in [0.2, 0.25) is 0 Å². The molecule has 0 spiro atoms. The summed E-state index contributed by atoms with van der Waals surface area (Å²) in [5.41, 5.74) is 2.66. The highest BCUT2D eigenvalue weighted by molar-refractivity contribution is 6.31. The summed E-state index contributed by atoms with van der Waals surface area (Å²) in [6, 6.07) is 11.8. The molecule has 1 amide bonds. The molecule has 0 aliphatic heterocycles. The third kappa shape index (κ3) is 5.12. The molecule has 0 saturated carbocycles. The highest BCUT2D eigenvalue weighted by atomic mass is 35.5. The van der Waals surface area contributed by atoms with E-state index in [2.05, 4.69) is 15.0 Å². The minimum Gasteiger partial charge on any atom is -0.493 e. The Hall–Kier alpha value is -2.93. The summed E-state index contributed by atoms with van der Waals surface area (Å²) in [7, 11) is 1.38. The predicted octanol–water partition coefficient (Wildman–Crippen LogP) is 4.78. The Balaban J connectivity index is 1.67. The van der Waals surface area contributed by atoms with Crippen LogP contribution in [0, 0.1) is 6.92 Å². The van der Waals surface area contributed by atoms with Crippen molar-refractivity contribution in [2.24, 2.45) is 0 Å². The van der Waals surface area contributed by atoms with Crippen molar-refractivity contribution in [2.45, 2.75) is 20.0 Å². The Labute approximate surface area is 171 Å². The molecule has 0 bridgehead atoms. The Morgan fingerprint density at radius 1 is 1.17 bits per heavy atom. The number of benzene rings is 2. The van der Waals surface area contributed by atoms with Crippen molar-refractivity contribution < 1.29 is 23.0 Å². The van der Waals surface area contributed by atoms with Crippen LogP contribution in [0.3, 0.4) is 0 Å². The van der Waals surface area contributed by atoms with Crippen LogP contribution in [0.1, 0.15) is 21.6 Å². The SMILES string of the molecule is COc1cc(CCNC(=O)c2cc3cc(Cl)ccc3nc2C)ccc1OC(F)F. The summed E-state index contributed by atoms with van der Waals surface area (Å²) in [5, 5.41) is 4.20. The zero-order valence-corrected chi connectivity index (χ0v) is 16.6. The summed E-state index contributed by atoms with van der Waals surface area (Å²) in [5.74, 6) is -0.0751. The molecule has 3 aromatic rings. The molecule has 29 heavy (non-hydrogen) atoms. The van der Waals surface area contributed by atoms with E-state index in [0.29, 0.717) is 29.2 Å². The van der Waals surface area contributed by atoms with Gasteiger partial charge in [-0.15, -0.1) is 0 Å². The number of hydrogen-bond acceptors (Lipinski definition) is 4. The third-order valence-electron chi connectivity index (χ3n) is 4.36. The van der Waals surface area contributed by atoms with Crippen molar-refractivity contribution in [3.8, 4) is 11.5 Å². The largest absolute Gasteiger partial charge is 0.493 e. The smallest absolute Gasteiger partial charge is 0.387 e. The number of fused-ring (bicyclic) bond motifs is 1. The Kier molecular flexibility index (Phi) is 6.49. The molecule has 0 saturated heterocycles. The molecular weight excluding hydrogens is 402 g/mol. The van der Waals surface area contributed by atoms with Crippen LogP contribution in [0.5, 0.6) is 11.5 Å². The minimum absolute atomic E-state index is 0.0354. The van der Waals surface area contributed by atoms with Gasteiger partial charge in [-0.3, -0.25) is 9.78 Å². The zero-order chi connectivity index (χ0) is 21.0. The van der Waals surface area contributed by atoms with E-state index in [1.54, 1.807) is 43.3 Å². The summed E-state index contributed by atoms with van der Waals surface area (Å²) < 4.78 is 34.3. The molecule has 0 aliphatic carbocycles. The van der Waals surface area contributed by atoms with Gasteiger partial charge in [0.15, 0.2) is 11.5 Å². The van der Waals surface area contributed by atoms with Crippen LogP contribution in [0.15, 0.2) is 42.5 Å². The normalized spacial score (nSPS) is 11.0. The topological polar surface area (TPSA) is 60.5 Å². The quantitative estimate of drug-likeness (QED) is 0.597. The summed E-state index contributed by atoms with van der Waals surface area (Å²) in [4.78, 5) is 17.0. The maximum absolute atomic E-state index is 12.6. The van der Waals surface area contributed by atoms with Gasteiger partial charge >= 0.3 is 6.61 Å². The lowest BCUT2D eigenvalue weighted by atomic mass is 10.1. The molecule has 0 aliphatic rings. The first-order chi connectivity index (χ1) is 13.9. The number of carbonyl (C=O) groups is 1. The van der Waals surface area contributed by atoms with Crippen LogP contribution in [0.2, 0.25) is 5.02 Å². The molecule has 0 unspecified atom stereocenters. The number of halogens is 3. The highest BCUT2D eigenvalue weighted by Gasteiger charge is 2.13. The van der Waals surface area contributed by atoms with Crippen LogP contribution < -0.4 is 14.8 Å². The Morgan fingerprint density at radius 2 is 1.97 bits per heavy atom. The fourth-order valence-electron chi connectivity index (χ4n) is 2.95. The number of alkyl halides is 2. The second-order valence-corrected chi connectivity index (χ2v) is 6.76. The van der Waals surface area contributed by atoms with E-state index < -0.39 is 6.61 Å². The number of nitrogens with zero attached hydrogens (tertiary/aromatic N) is 1. The first-order valence-corrected chi connectivity index (χ1v) is 9.22. The molecule has 2 aromatic carbocycles. The van der Waals surface area contributed by atoms with Crippen molar-refractivity contribution >= 4 is 28.4 Å². The molecule has 0 radical (unpaired) electrons. The average Bonchev–Trinajstić information content (AvgIpc) is 2.68. The van der Waals surface area contributed by atoms with Crippen molar-refractivity contribution in [3.05, 3.63) is 64.3 Å². The van der Waals surface area contributed by atoms with Crippen LogP contribution in [0.25, 0.3) is 10.9 Å². The minimum atomic E-state index is -2.93. The number of aromatic nitrogens is 1. The summed E-state index contributed by atoms with van der Waals surface area (Å²) >= 11 is 6.02. The van der Waals surface area contributed by atoms with Crippen LogP contribution >= 0.6 is 11.6 Å². The van der Waals surface area contributed by atoms with Crippen molar-refractivity contribution in [1.82, 2.24) is 10.3 Å². The average molecular weight is 421 g/mol. The number of rotatable bonds is 7. The van der Waals surface area contributed by atoms with Crippen molar-refractivity contribution in [1.29, 1.82) is 0 Å². The van der Waals surface area contributed by atoms with E-state index in [-0.39, 0.29) is 17.4 Å². The lowest BCUT2D eigenvalue weighted by Gasteiger charge is -2.12. The second kappa shape index (κ2) is 9.05. The number of ether oxygens (including phenoxy) is 2. The van der Waals surface area contributed by atoms with Gasteiger partial charge < -0.3 is 14.8 Å². The number of nitrogens with one attached hydrogen (secondary N) is 1. The molecule has 5 nitrogen and oxygen atoms in total. The number of amides is 1. The van der Waals surface area contributed by atoms with Crippen molar-refractivity contribution in [3.63, 3.8) is 0 Å². The molecule has 3 rings (SSSR count). The second-order valence-electron chi connectivity index (χ2n) is 6.33. The lowest BCUT2D eigenvalue weighted by molar-refractivity contribution is -0.0512. The molecule has 152 valence electrons. The summed E-state index contributed by atoms with van der Waals surface area (Å²) in [6.07, 6.45) is 0.489. The monoisotopic (exact) mass is 420 g/mol. The van der Waals surface area contributed by atoms with Gasteiger partial charge in [0.05, 0.1) is 23.9 Å². The first-order valence-electron chi connectivity index (χ1n) is 8.84. The van der Waals surface area contributed by atoms with Gasteiger partial charge in [-0.05, 0) is 55.3 Å². The maximum Gasteiger partial charge on any atom is 0.387 e. The van der Waals surface area contributed by atoms with Crippen LogP contribution in [-0.2, 0) is 6.42 Å². The number of hydrogen-bond donors (Lipinski definition) is 1. The molecule has 8 heteroatoms. The third-order valence-corrected chi connectivity index (χ3v) is 4.59. The van der Waals surface area contributed by atoms with Gasteiger partial charge in [-0.1, -0.05) is 17.7 Å². The molecule has 1 N–H and O–H groups in total. The van der Waals surface area contributed by atoms with E-state index in [4.69, 9.17) is 16.3 Å². The van der Waals surface area contributed by atoms with E-state index in [9.17, 15) is 13.6 Å². The molecule has 1 heterocycles. The van der Waals surface area contributed by atoms with Crippen LogP contribution in [0.4, 0.5) is 8.78 Å². The number of pyridine rings is 1. The van der Waals surface area contributed by atoms with Gasteiger partial charge in [-0.2, -0.15) is 8.78 Å². The first kappa shape index (κ1) is 20.8. The van der Waals surface area contributed by atoms with Gasteiger partial charge in [0.1, 0.15) is 0 Å². The van der Waals surface area contributed by atoms with Gasteiger partial charge in [-0.25, -0.2) is 0 Å². The highest BCUT2D eigenvalue weighted by Crippen LogP contribution is 2.29. The van der Waals surface area contributed by atoms with Crippen LogP contribution in [-0.4, -0.2) is 31.2 Å². The Morgan fingerprint density at radius 3 is 2.69 bits per heavy atom. The van der Waals surface area contributed by atoms with Crippen molar-refractivity contribution in [2.75, 3.05) is 13.7 Å². The number of carbonyl (C=O) groups excluding carboxylic acids is 1. The molecule has 0 atom stereocenters. The number of methoxy groups -OCH3 is 1. The Bertz CT molecular complexity index is 1040. The van der Waals surface area contributed by atoms with E-state index >= 15 is 0 Å². The van der Waals surface area contributed by atoms with Gasteiger partial charge in [0, 0.05) is 17.0 Å². The summed E-state index contributed by atoms with van der Waals surface area (Å²) in [6.45, 7) is -0.803. The maximum atomic E-state index is 12.6. The van der Waals surface area contributed by atoms with E-state index in [1.165, 1.54) is 13.2 Å². The molecule has 1 aromatic heterocycles. The lowest BCUT2D eigenvalue weighted by Crippen LogP contribution is -2.26. The predicted molar refractivity (Wildman–Crippen MR) is 107 cm³/mol. The van der Waals surface area contributed by atoms with E-state index in [1.807, 2.05) is 0 Å². The fraction of sp³-hybridized carbons (Fsp3) is 0.238. The molecule has 0 fully saturated rings. The zero-order valence-electron chi connectivity index (χ0n) is 15.8. The van der Waals surface area contributed by atoms with E-state index in [0.717, 1.165) is 16.5 Å².